The normalized spacial score (nSPS) is 33.7. The van der Waals surface area contributed by atoms with Crippen LogP contribution >= 0.6 is 0 Å². The van der Waals surface area contributed by atoms with Crippen LogP contribution in [0.4, 0.5) is 15.4 Å². The van der Waals surface area contributed by atoms with Gasteiger partial charge in [-0.15, -0.1) is 0 Å². The van der Waals surface area contributed by atoms with Gasteiger partial charge in [-0.2, -0.15) is 10.2 Å². The topological polar surface area (TPSA) is 116 Å². The molecular weight excluding hydrogens is 378 g/mol. The molecule has 150 valence electrons. The molecule has 2 bridgehead atoms. The number of hydrogen-bond donors (Lipinski definition) is 1. The monoisotopic (exact) mass is 397 g/mol. The fraction of sp³-hybridized carbons (Fsp3) is 0.500. The van der Waals surface area contributed by atoms with Crippen LogP contribution in [0.2, 0.25) is 0 Å². The highest BCUT2D eigenvalue weighted by molar-refractivity contribution is 5.90. The number of para-hydroxylation sites is 1. The fourth-order valence-corrected chi connectivity index (χ4v) is 5.73. The van der Waals surface area contributed by atoms with Crippen molar-refractivity contribution in [3.63, 3.8) is 0 Å². The van der Waals surface area contributed by atoms with Crippen LogP contribution < -0.4 is 5.01 Å². The Balaban J connectivity index is 1.37. The molecule has 2 aliphatic heterocycles. The minimum atomic E-state index is -0.565. The lowest BCUT2D eigenvalue weighted by Gasteiger charge is -2.58. The molecule has 2 aliphatic carbocycles. The van der Waals surface area contributed by atoms with E-state index in [1.807, 2.05) is 29.3 Å². The summed E-state index contributed by atoms with van der Waals surface area (Å²) in [6, 6.07) is 7.52. The SMILES string of the molecule is COC(=O)N1[C@@H]2[C@@H]3C[C@@H]([C@@H]4[C@H]3N=NN4c3n[nH]c4ccccc34)[C@@H]2N1C(=O)OC. The standard InChI is InChI=1S/C18H19N7O4/c1-28-17(26)24-14-9-7-10(15(14)25(24)18(27)29-2)13-12(9)20-22-23(13)16-8-5-3-4-6-11(8)19-21-16/h3-6,9-10,12-15H,7H2,1-2H3,(H,19,21)/t9-,10+,12+,13-,14-,15+/m1/s1. The number of hydrazine groups is 1. The van der Waals surface area contributed by atoms with E-state index < -0.39 is 12.2 Å². The van der Waals surface area contributed by atoms with E-state index in [0.29, 0.717) is 0 Å². The predicted octanol–water partition coefficient (Wildman–Crippen LogP) is 1.94. The first-order valence-corrected chi connectivity index (χ1v) is 9.53. The predicted molar refractivity (Wildman–Crippen MR) is 98.7 cm³/mol. The number of benzene rings is 1. The maximum absolute atomic E-state index is 12.4. The maximum atomic E-state index is 12.4. The zero-order valence-electron chi connectivity index (χ0n) is 15.8. The number of H-pyrrole nitrogens is 1. The summed E-state index contributed by atoms with van der Waals surface area (Å²) in [5.74, 6) is 0.934. The molecule has 6 rings (SSSR count). The van der Waals surface area contributed by atoms with Gasteiger partial charge in [-0.1, -0.05) is 17.4 Å². The molecule has 3 fully saturated rings. The summed E-state index contributed by atoms with van der Waals surface area (Å²) in [4.78, 5) is 24.7. The van der Waals surface area contributed by atoms with Crippen LogP contribution in [0.1, 0.15) is 6.42 Å². The molecule has 0 spiro atoms. The number of fused-ring (bicyclic) bond motifs is 9. The van der Waals surface area contributed by atoms with Gasteiger partial charge in [0.2, 0.25) is 0 Å². The molecule has 3 heterocycles. The maximum Gasteiger partial charge on any atom is 0.429 e. The summed E-state index contributed by atoms with van der Waals surface area (Å²) in [6.45, 7) is 0. The van der Waals surface area contributed by atoms with Crippen molar-refractivity contribution in [2.45, 2.75) is 30.6 Å². The van der Waals surface area contributed by atoms with Crippen molar-refractivity contribution in [2.75, 3.05) is 19.2 Å². The second-order valence-corrected chi connectivity index (χ2v) is 7.80. The van der Waals surface area contributed by atoms with E-state index in [1.54, 1.807) is 0 Å². The third-order valence-corrected chi connectivity index (χ3v) is 6.75. The van der Waals surface area contributed by atoms with Crippen LogP contribution in [0.15, 0.2) is 34.6 Å². The minimum Gasteiger partial charge on any atom is -0.452 e. The van der Waals surface area contributed by atoms with Gasteiger partial charge < -0.3 is 9.47 Å². The molecule has 1 aromatic heterocycles. The molecule has 4 aliphatic rings. The number of methoxy groups -OCH3 is 2. The quantitative estimate of drug-likeness (QED) is 0.786. The van der Waals surface area contributed by atoms with Gasteiger partial charge in [0, 0.05) is 17.2 Å². The summed E-state index contributed by atoms with van der Waals surface area (Å²) in [6.07, 6.45) is -0.279. The first-order valence-electron chi connectivity index (χ1n) is 9.53. The van der Waals surface area contributed by atoms with Crippen molar-refractivity contribution in [2.24, 2.45) is 22.2 Å². The molecule has 2 amide bonds. The van der Waals surface area contributed by atoms with Crippen LogP contribution in [0.5, 0.6) is 0 Å². The van der Waals surface area contributed by atoms with Crippen molar-refractivity contribution in [3.05, 3.63) is 24.3 Å². The fourth-order valence-electron chi connectivity index (χ4n) is 5.73. The Morgan fingerprint density at radius 1 is 1.03 bits per heavy atom. The van der Waals surface area contributed by atoms with Gasteiger partial charge in [-0.3, -0.25) is 5.10 Å². The lowest BCUT2D eigenvalue weighted by Crippen LogP contribution is -2.78. The minimum absolute atomic E-state index is 0.0140. The van der Waals surface area contributed by atoms with Gasteiger partial charge in [0.25, 0.3) is 0 Å². The molecule has 2 aromatic rings. The van der Waals surface area contributed by atoms with Gasteiger partial charge >= 0.3 is 12.2 Å². The summed E-state index contributed by atoms with van der Waals surface area (Å²) in [5, 5.41) is 22.1. The van der Waals surface area contributed by atoms with Crippen molar-refractivity contribution < 1.29 is 19.1 Å². The summed E-state index contributed by atoms with van der Waals surface area (Å²) in [7, 11) is 2.62. The van der Waals surface area contributed by atoms with Crippen molar-refractivity contribution in [1.29, 1.82) is 0 Å². The molecule has 6 atom stereocenters. The Morgan fingerprint density at radius 2 is 1.72 bits per heavy atom. The highest BCUT2D eigenvalue weighted by Crippen LogP contribution is 2.59. The second kappa shape index (κ2) is 5.58. The molecule has 1 saturated heterocycles. The first-order chi connectivity index (χ1) is 14.2. The molecule has 0 radical (unpaired) electrons. The third-order valence-electron chi connectivity index (χ3n) is 6.75. The van der Waals surface area contributed by atoms with Gasteiger partial charge in [0.05, 0.1) is 37.9 Å². The summed E-state index contributed by atoms with van der Waals surface area (Å²) in [5.41, 5.74) is 0.930. The highest BCUT2D eigenvalue weighted by atomic mass is 16.6. The molecule has 29 heavy (non-hydrogen) atoms. The number of nitrogens with zero attached hydrogens (tertiary/aromatic N) is 6. The number of rotatable bonds is 1. The van der Waals surface area contributed by atoms with Crippen molar-refractivity contribution >= 4 is 28.9 Å². The van der Waals surface area contributed by atoms with Gasteiger partial charge in [0.15, 0.2) is 5.82 Å². The van der Waals surface area contributed by atoms with Gasteiger partial charge in [-0.25, -0.2) is 24.6 Å². The first kappa shape index (κ1) is 16.6. The average molecular weight is 397 g/mol. The number of hydrogen-bond acceptors (Lipinski definition) is 8. The van der Waals surface area contributed by atoms with Crippen LogP contribution in [0.3, 0.4) is 0 Å². The van der Waals surface area contributed by atoms with E-state index >= 15 is 0 Å². The van der Waals surface area contributed by atoms with Crippen LogP contribution in [-0.4, -0.2) is 70.8 Å². The number of carbonyl (C=O) groups excluding carboxylic acids is 2. The zero-order valence-corrected chi connectivity index (χ0v) is 15.8. The molecule has 1 N–H and O–H groups in total. The van der Waals surface area contributed by atoms with Crippen molar-refractivity contribution in [3.8, 4) is 0 Å². The van der Waals surface area contributed by atoms with Gasteiger partial charge in [-0.05, 0) is 18.6 Å². The Kier molecular flexibility index (Phi) is 3.19. The summed E-state index contributed by atoms with van der Waals surface area (Å²) < 4.78 is 9.82. The van der Waals surface area contributed by atoms with Crippen LogP contribution in [0.25, 0.3) is 10.9 Å². The lowest BCUT2D eigenvalue weighted by molar-refractivity contribution is -0.181. The average Bonchev–Trinajstić information content (AvgIpc) is 3.46. The molecule has 0 unspecified atom stereocenters. The van der Waals surface area contributed by atoms with E-state index in [0.717, 1.165) is 23.1 Å². The molecule has 1 aromatic carbocycles. The van der Waals surface area contributed by atoms with Crippen LogP contribution in [-0.2, 0) is 9.47 Å². The largest absolute Gasteiger partial charge is 0.452 e. The Labute approximate surface area is 165 Å². The molecule has 2 saturated carbocycles. The van der Waals surface area contributed by atoms with E-state index in [-0.39, 0.29) is 36.0 Å². The van der Waals surface area contributed by atoms with Gasteiger partial charge in [0.1, 0.15) is 6.04 Å². The van der Waals surface area contributed by atoms with E-state index in [4.69, 9.17) is 9.47 Å². The Morgan fingerprint density at radius 3 is 2.45 bits per heavy atom. The zero-order chi connectivity index (χ0) is 19.9. The summed E-state index contributed by atoms with van der Waals surface area (Å²) >= 11 is 0. The van der Waals surface area contributed by atoms with E-state index in [1.165, 1.54) is 24.2 Å². The number of anilines is 1. The van der Waals surface area contributed by atoms with Crippen molar-refractivity contribution in [1.82, 2.24) is 20.2 Å². The number of ether oxygens (including phenoxy) is 2. The highest BCUT2D eigenvalue weighted by Gasteiger charge is 2.73. The van der Waals surface area contributed by atoms with E-state index in [9.17, 15) is 9.59 Å². The lowest BCUT2D eigenvalue weighted by atomic mass is 9.79. The second-order valence-electron chi connectivity index (χ2n) is 7.80. The molecule has 11 nitrogen and oxygen atoms in total. The Bertz CT molecular complexity index is 1050. The Hall–Kier alpha value is -3.37. The van der Waals surface area contributed by atoms with Crippen LogP contribution in [0, 0.1) is 11.8 Å². The number of carbonyl (C=O) groups is 2. The third kappa shape index (κ3) is 1.89. The number of aromatic nitrogens is 2. The molecular formula is C18H19N7O4. The number of amides is 2. The smallest absolute Gasteiger partial charge is 0.429 e. The number of nitrogens with one attached hydrogen (secondary N) is 1. The van der Waals surface area contributed by atoms with E-state index in [2.05, 4.69) is 20.5 Å². The molecule has 11 heteroatoms. The number of aromatic amines is 1.